The molecule has 2 heterocycles. The van der Waals surface area contributed by atoms with Gasteiger partial charge in [0.15, 0.2) is 0 Å². The van der Waals surface area contributed by atoms with E-state index >= 15 is 0 Å². The smallest absolute Gasteiger partial charge is 0.0547 e. The molecule has 1 atom stereocenters. The fourth-order valence-corrected chi connectivity index (χ4v) is 2.82. The second kappa shape index (κ2) is 8.38. The van der Waals surface area contributed by atoms with Gasteiger partial charge in [0.25, 0.3) is 0 Å². The number of aromatic nitrogens is 1. The normalized spacial score (nSPS) is 20.8. The third-order valence-electron chi connectivity index (χ3n) is 4.09. The van der Waals surface area contributed by atoms with E-state index in [4.69, 9.17) is 4.98 Å². The molecule has 0 radical (unpaired) electrons. The van der Waals surface area contributed by atoms with Gasteiger partial charge >= 0.3 is 0 Å². The number of pyridine rings is 1. The Balaban J connectivity index is 1.86. The lowest BCUT2D eigenvalue weighted by molar-refractivity contribution is 0.270. The minimum Gasteiger partial charge on any atom is -0.311 e. The zero-order chi connectivity index (χ0) is 14.2. The molecule has 1 aromatic heterocycles. The van der Waals surface area contributed by atoms with E-state index in [0.29, 0.717) is 0 Å². The van der Waals surface area contributed by atoms with E-state index in [0.717, 1.165) is 25.6 Å². The standard InChI is InChI=1S/C17H29N3/c1-3-10-18-13-16-7-4-8-17(19-16)14-20-11-5-6-15(2)9-12-20/h4,7-8,15,18H,3,5-6,9-14H2,1-2H3. The number of rotatable bonds is 6. The van der Waals surface area contributed by atoms with Crippen molar-refractivity contribution in [2.24, 2.45) is 5.92 Å². The van der Waals surface area contributed by atoms with Gasteiger partial charge in [0.2, 0.25) is 0 Å². The number of hydrogen-bond acceptors (Lipinski definition) is 3. The summed E-state index contributed by atoms with van der Waals surface area (Å²) in [6.45, 7) is 9.98. The molecular weight excluding hydrogens is 246 g/mol. The topological polar surface area (TPSA) is 28.2 Å². The van der Waals surface area contributed by atoms with Crippen LogP contribution in [0, 0.1) is 5.92 Å². The zero-order valence-corrected chi connectivity index (χ0v) is 13.1. The van der Waals surface area contributed by atoms with Crippen molar-refractivity contribution in [1.82, 2.24) is 15.2 Å². The van der Waals surface area contributed by atoms with Crippen LogP contribution in [-0.2, 0) is 13.1 Å². The van der Waals surface area contributed by atoms with Crippen LogP contribution in [0.2, 0.25) is 0 Å². The van der Waals surface area contributed by atoms with Crippen LogP contribution in [0.3, 0.4) is 0 Å². The highest BCUT2D eigenvalue weighted by Gasteiger charge is 2.14. The number of nitrogens with zero attached hydrogens (tertiary/aromatic N) is 2. The number of likely N-dealkylation sites (tertiary alicyclic amines) is 1. The van der Waals surface area contributed by atoms with Gasteiger partial charge in [-0.15, -0.1) is 0 Å². The summed E-state index contributed by atoms with van der Waals surface area (Å²) in [6.07, 6.45) is 5.22. The van der Waals surface area contributed by atoms with E-state index in [1.165, 1.54) is 50.2 Å². The summed E-state index contributed by atoms with van der Waals surface area (Å²) in [4.78, 5) is 7.35. The average molecular weight is 275 g/mol. The molecule has 1 aliphatic heterocycles. The maximum atomic E-state index is 4.78. The summed E-state index contributed by atoms with van der Waals surface area (Å²) >= 11 is 0. The van der Waals surface area contributed by atoms with E-state index in [9.17, 15) is 0 Å². The minimum absolute atomic E-state index is 0.887. The quantitative estimate of drug-likeness (QED) is 0.808. The van der Waals surface area contributed by atoms with E-state index in [1.807, 2.05) is 0 Å². The van der Waals surface area contributed by atoms with Gasteiger partial charge in [0.1, 0.15) is 0 Å². The molecule has 1 N–H and O–H groups in total. The average Bonchev–Trinajstić information content (AvgIpc) is 2.65. The third-order valence-corrected chi connectivity index (χ3v) is 4.09. The van der Waals surface area contributed by atoms with E-state index in [2.05, 4.69) is 42.3 Å². The summed E-state index contributed by atoms with van der Waals surface area (Å²) in [6, 6.07) is 6.43. The van der Waals surface area contributed by atoms with Crippen molar-refractivity contribution in [2.75, 3.05) is 19.6 Å². The Morgan fingerprint density at radius 1 is 1.25 bits per heavy atom. The van der Waals surface area contributed by atoms with Crippen LogP contribution < -0.4 is 5.32 Å². The Kier molecular flexibility index (Phi) is 6.48. The second-order valence-electron chi connectivity index (χ2n) is 6.11. The van der Waals surface area contributed by atoms with E-state index in [-0.39, 0.29) is 0 Å². The summed E-state index contributed by atoms with van der Waals surface area (Å²) in [5.74, 6) is 0.887. The van der Waals surface area contributed by atoms with E-state index < -0.39 is 0 Å². The maximum absolute atomic E-state index is 4.78. The number of hydrogen-bond donors (Lipinski definition) is 1. The summed E-state index contributed by atoms with van der Waals surface area (Å²) < 4.78 is 0. The lowest BCUT2D eigenvalue weighted by Crippen LogP contribution is -2.25. The Hall–Kier alpha value is -0.930. The van der Waals surface area contributed by atoms with Gasteiger partial charge in [-0.2, -0.15) is 0 Å². The molecule has 0 spiro atoms. The van der Waals surface area contributed by atoms with Crippen molar-refractivity contribution >= 4 is 0 Å². The first kappa shape index (κ1) is 15.5. The summed E-state index contributed by atoms with van der Waals surface area (Å²) in [5.41, 5.74) is 2.38. The molecule has 0 bridgehead atoms. The maximum Gasteiger partial charge on any atom is 0.0547 e. The SMILES string of the molecule is CCCNCc1cccc(CN2CCCC(C)CC2)n1. The largest absolute Gasteiger partial charge is 0.311 e. The zero-order valence-electron chi connectivity index (χ0n) is 13.1. The highest BCUT2D eigenvalue weighted by atomic mass is 15.1. The Morgan fingerprint density at radius 2 is 2.10 bits per heavy atom. The van der Waals surface area contributed by atoms with Crippen molar-refractivity contribution in [3.8, 4) is 0 Å². The molecule has 0 aromatic carbocycles. The van der Waals surface area contributed by atoms with E-state index in [1.54, 1.807) is 0 Å². The molecule has 20 heavy (non-hydrogen) atoms. The molecule has 2 rings (SSSR count). The fourth-order valence-electron chi connectivity index (χ4n) is 2.82. The number of nitrogens with one attached hydrogen (secondary N) is 1. The lowest BCUT2D eigenvalue weighted by atomic mass is 10.0. The molecule has 1 fully saturated rings. The highest BCUT2D eigenvalue weighted by Crippen LogP contribution is 2.17. The minimum atomic E-state index is 0.887. The molecule has 0 aliphatic carbocycles. The first-order valence-corrected chi connectivity index (χ1v) is 8.16. The van der Waals surface area contributed by atoms with Gasteiger partial charge in [0.05, 0.1) is 11.4 Å². The monoisotopic (exact) mass is 275 g/mol. The lowest BCUT2D eigenvalue weighted by Gasteiger charge is -2.19. The molecule has 1 unspecified atom stereocenters. The van der Waals surface area contributed by atoms with Gasteiger partial charge in [0, 0.05) is 13.1 Å². The van der Waals surface area contributed by atoms with Gasteiger partial charge < -0.3 is 5.32 Å². The van der Waals surface area contributed by atoms with Crippen molar-refractivity contribution in [3.05, 3.63) is 29.6 Å². The van der Waals surface area contributed by atoms with Crippen LogP contribution >= 0.6 is 0 Å². The van der Waals surface area contributed by atoms with Crippen LogP contribution in [0.15, 0.2) is 18.2 Å². The molecular formula is C17H29N3. The fraction of sp³-hybridized carbons (Fsp3) is 0.706. The second-order valence-corrected chi connectivity index (χ2v) is 6.11. The predicted molar refractivity (Wildman–Crippen MR) is 84.5 cm³/mol. The van der Waals surface area contributed by atoms with Crippen LogP contribution in [0.25, 0.3) is 0 Å². The molecule has 0 saturated carbocycles. The molecule has 1 aliphatic rings. The first-order chi connectivity index (χ1) is 9.78. The van der Waals surface area contributed by atoms with Crippen LogP contribution in [0.4, 0.5) is 0 Å². The molecule has 3 heteroatoms. The Morgan fingerprint density at radius 3 is 2.95 bits per heavy atom. The van der Waals surface area contributed by atoms with Crippen molar-refractivity contribution in [3.63, 3.8) is 0 Å². The molecule has 3 nitrogen and oxygen atoms in total. The van der Waals surface area contributed by atoms with Crippen molar-refractivity contribution in [1.29, 1.82) is 0 Å². The summed E-state index contributed by atoms with van der Waals surface area (Å²) in [5, 5.41) is 3.42. The van der Waals surface area contributed by atoms with Crippen LogP contribution in [0.1, 0.15) is 50.9 Å². The van der Waals surface area contributed by atoms with Gasteiger partial charge in [-0.1, -0.05) is 19.9 Å². The molecule has 1 aromatic rings. The van der Waals surface area contributed by atoms with Gasteiger partial charge in [-0.3, -0.25) is 9.88 Å². The van der Waals surface area contributed by atoms with Crippen LogP contribution in [0.5, 0.6) is 0 Å². The molecule has 0 amide bonds. The van der Waals surface area contributed by atoms with Crippen LogP contribution in [-0.4, -0.2) is 29.5 Å². The highest BCUT2D eigenvalue weighted by molar-refractivity contribution is 5.11. The van der Waals surface area contributed by atoms with Gasteiger partial charge in [-0.05, 0) is 63.4 Å². The first-order valence-electron chi connectivity index (χ1n) is 8.16. The van der Waals surface area contributed by atoms with Crippen molar-refractivity contribution < 1.29 is 0 Å². The Bertz CT molecular complexity index is 392. The Labute approximate surface area is 123 Å². The molecule has 1 saturated heterocycles. The third kappa shape index (κ3) is 5.22. The molecule has 112 valence electrons. The summed E-state index contributed by atoms with van der Waals surface area (Å²) in [7, 11) is 0. The van der Waals surface area contributed by atoms with Gasteiger partial charge in [-0.25, -0.2) is 0 Å². The predicted octanol–water partition coefficient (Wildman–Crippen LogP) is 3.20. The van der Waals surface area contributed by atoms with Crippen molar-refractivity contribution in [2.45, 2.75) is 52.6 Å².